The highest BCUT2D eigenvalue weighted by atomic mass is 32.3. The summed E-state index contributed by atoms with van der Waals surface area (Å²) in [7, 11) is -5.84. The molecule has 0 rings (SSSR count). The second kappa shape index (κ2) is 7.81. The largest absolute Gasteiger partial charge is 0.394 e. The molecule has 0 bridgehead atoms. The maximum atomic E-state index is 12.8. The van der Waals surface area contributed by atoms with Gasteiger partial charge in [-0.3, -0.25) is 24.0 Å². The molecule has 0 aliphatic rings. The van der Waals surface area contributed by atoms with E-state index in [0.29, 0.717) is 27.7 Å². The third-order valence-electron chi connectivity index (χ3n) is 4.47. The predicted molar refractivity (Wildman–Crippen MR) is 87.8 cm³/mol. The van der Waals surface area contributed by atoms with Crippen molar-refractivity contribution in [2.45, 2.75) is 52.1 Å². The van der Waals surface area contributed by atoms with Crippen LogP contribution < -0.4 is 0 Å². The van der Waals surface area contributed by atoms with E-state index in [1.807, 2.05) is 0 Å². The lowest BCUT2D eigenvalue weighted by Crippen LogP contribution is -2.57. The first-order valence-electron chi connectivity index (χ1n) is 7.18. The summed E-state index contributed by atoms with van der Waals surface area (Å²) in [5, 5.41) is 40.4. The summed E-state index contributed by atoms with van der Waals surface area (Å²) in [4.78, 5) is 61.9. The maximum Gasteiger partial charge on any atom is 0.212 e. The number of carbonyl (C=O) groups is 5. The van der Waals surface area contributed by atoms with Crippen LogP contribution in [0.25, 0.3) is 0 Å². The Hall–Kier alpha value is -1.50. The molecule has 0 radical (unpaired) electrons. The molecule has 0 aliphatic heterocycles. The minimum Gasteiger partial charge on any atom is -0.394 e. The third-order valence-corrected chi connectivity index (χ3v) is 10.7. The lowest BCUT2D eigenvalue weighted by Gasteiger charge is -2.51. The molecule has 0 saturated heterocycles. The van der Waals surface area contributed by atoms with Gasteiger partial charge in [-0.1, -0.05) is 0 Å². The Morgan fingerprint density at radius 1 is 0.720 bits per heavy atom. The van der Waals surface area contributed by atoms with Gasteiger partial charge in [-0.05, 0) is 9.16 Å². The normalized spacial score (nSPS) is 18.2. The summed E-state index contributed by atoms with van der Waals surface area (Å²) in [5.41, 5.74) is 0. The SMILES string of the molecule is CC(=O)[SH](C(C)=O)(C(C)=O)(C(C)=O)C(=O)C(O)C(O)C(O)C(O)CO. The fraction of sp³-hybridized carbons (Fsp3) is 0.643. The average Bonchev–Trinajstić information content (AvgIpc) is 2.51. The van der Waals surface area contributed by atoms with Crippen molar-refractivity contribution in [1.29, 1.82) is 0 Å². The molecule has 0 heterocycles. The fourth-order valence-electron chi connectivity index (χ4n) is 2.88. The highest BCUT2D eigenvalue weighted by molar-refractivity contribution is 8.94. The van der Waals surface area contributed by atoms with Gasteiger partial charge < -0.3 is 25.5 Å². The number of hydrogen-bond donors (Lipinski definition) is 6. The Morgan fingerprint density at radius 3 is 1.28 bits per heavy atom. The lowest BCUT2D eigenvalue weighted by atomic mass is 10.0. The Balaban J connectivity index is 6.59. The molecule has 5 N–H and O–H groups in total. The van der Waals surface area contributed by atoms with Crippen LogP contribution in [0.2, 0.25) is 0 Å². The first kappa shape index (κ1) is 23.5. The molecule has 146 valence electrons. The average molecular weight is 384 g/mol. The van der Waals surface area contributed by atoms with Gasteiger partial charge in [-0.2, -0.15) is 0 Å². The molecule has 11 heteroatoms. The number of aliphatic hydroxyl groups excluding tert-OH is 5. The van der Waals surface area contributed by atoms with Crippen LogP contribution in [-0.4, -0.2) is 82.1 Å². The van der Waals surface area contributed by atoms with Crippen molar-refractivity contribution in [2.75, 3.05) is 6.61 Å². The molecule has 0 fully saturated rings. The number of hydrogen-bond acceptors (Lipinski definition) is 10. The Morgan fingerprint density at radius 2 is 1.04 bits per heavy atom. The first-order chi connectivity index (χ1) is 11.2. The van der Waals surface area contributed by atoms with E-state index in [2.05, 4.69) is 0 Å². The summed E-state index contributed by atoms with van der Waals surface area (Å²) in [6, 6.07) is 0. The van der Waals surface area contributed by atoms with Gasteiger partial charge >= 0.3 is 0 Å². The van der Waals surface area contributed by atoms with Crippen LogP contribution in [0.1, 0.15) is 27.7 Å². The molecule has 4 atom stereocenters. The van der Waals surface area contributed by atoms with E-state index in [9.17, 15) is 44.4 Å². The molecular weight excluding hydrogens is 360 g/mol. The minimum atomic E-state index is -5.84. The zero-order chi connectivity index (χ0) is 20.4. The Bertz CT molecular complexity index is 545. The predicted octanol–water partition coefficient (Wildman–Crippen LogP) is -2.79. The second-order valence-corrected chi connectivity index (χ2v) is 10.9. The van der Waals surface area contributed by atoms with Gasteiger partial charge in [-0.25, -0.2) is 0 Å². The second-order valence-electron chi connectivity index (χ2n) is 5.71. The van der Waals surface area contributed by atoms with Crippen molar-refractivity contribution in [3.63, 3.8) is 0 Å². The van der Waals surface area contributed by atoms with Crippen LogP contribution in [0.5, 0.6) is 0 Å². The summed E-state index contributed by atoms with van der Waals surface area (Å²) in [6.07, 6.45) is -9.38. The van der Waals surface area contributed by atoms with Crippen molar-refractivity contribution >= 4 is 34.7 Å². The lowest BCUT2D eigenvalue weighted by molar-refractivity contribution is -0.140. The van der Waals surface area contributed by atoms with Crippen LogP contribution in [0.15, 0.2) is 0 Å². The quantitative estimate of drug-likeness (QED) is 0.270. The van der Waals surface area contributed by atoms with Crippen molar-refractivity contribution in [2.24, 2.45) is 0 Å². The van der Waals surface area contributed by atoms with E-state index < -0.39 is 65.8 Å². The Labute approximate surface area is 143 Å². The summed E-state index contributed by atoms with van der Waals surface area (Å²) < 4.78 is 0. The Kier molecular flexibility index (Phi) is 7.34. The summed E-state index contributed by atoms with van der Waals surface area (Å²) >= 11 is 0. The number of carbonyl (C=O) groups excluding carboxylic acids is 5. The monoisotopic (exact) mass is 384 g/mol. The molecule has 25 heavy (non-hydrogen) atoms. The van der Waals surface area contributed by atoms with Gasteiger partial charge in [0.2, 0.25) is 5.12 Å². The molecule has 4 unspecified atom stereocenters. The molecule has 0 aliphatic carbocycles. The highest BCUT2D eigenvalue weighted by Gasteiger charge is 2.66. The topological polar surface area (TPSA) is 186 Å². The van der Waals surface area contributed by atoms with E-state index >= 15 is 0 Å². The number of aliphatic hydroxyl groups is 5. The summed E-state index contributed by atoms with van der Waals surface area (Å²) in [6.45, 7) is 1.73. The van der Waals surface area contributed by atoms with Crippen LogP contribution in [0, 0.1) is 0 Å². The molecule has 0 aromatic carbocycles. The van der Waals surface area contributed by atoms with Gasteiger partial charge in [-0.15, -0.1) is 0 Å². The smallest absolute Gasteiger partial charge is 0.212 e. The van der Waals surface area contributed by atoms with Gasteiger partial charge in [0, 0.05) is 27.7 Å². The number of rotatable bonds is 5. The van der Waals surface area contributed by atoms with Crippen molar-refractivity contribution in [3.8, 4) is 0 Å². The van der Waals surface area contributed by atoms with E-state index in [-0.39, 0.29) is 0 Å². The first-order valence-corrected chi connectivity index (χ1v) is 9.42. The molecule has 0 aromatic heterocycles. The van der Waals surface area contributed by atoms with Crippen molar-refractivity contribution in [3.05, 3.63) is 0 Å². The van der Waals surface area contributed by atoms with E-state index in [1.54, 1.807) is 0 Å². The van der Waals surface area contributed by atoms with Crippen LogP contribution in [-0.2, 0) is 24.0 Å². The van der Waals surface area contributed by atoms with E-state index in [1.165, 1.54) is 0 Å². The van der Waals surface area contributed by atoms with Crippen LogP contribution in [0.4, 0.5) is 0 Å². The third kappa shape index (κ3) is 2.96. The van der Waals surface area contributed by atoms with E-state index in [0.717, 1.165) is 0 Å². The minimum absolute atomic E-state index is 0.692. The maximum absolute atomic E-state index is 12.8. The van der Waals surface area contributed by atoms with Crippen molar-refractivity contribution < 1.29 is 49.5 Å². The molecule has 0 saturated carbocycles. The van der Waals surface area contributed by atoms with Crippen molar-refractivity contribution in [1.82, 2.24) is 0 Å². The highest BCUT2D eigenvalue weighted by Crippen LogP contribution is 2.72. The molecule has 10 nitrogen and oxygen atoms in total. The van der Waals surface area contributed by atoms with Crippen LogP contribution >= 0.6 is 9.16 Å². The molecule has 0 spiro atoms. The van der Waals surface area contributed by atoms with Gasteiger partial charge in [0.05, 0.1) is 6.61 Å². The van der Waals surface area contributed by atoms with Crippen LogP contribution in [0.3, 0.4) is 0 Å². The van der Waals surface area contributed by atoms with E-state index in [4.69, 9.17) is 5.11 Å². The fourth-order valence-corrected chi connectivity index (χ4v) is 7.47. The summed E-state index contributed by atoms with van der Waals surface area (Å²) in [5.74, 6) is 0. The van der Waals surface area contributed by atoms with Gasteiger partial charge in [0.25, 0.3) is 0 Å². The zero-order valence-corrected chi connectivity index (χ0v) is 15.1. The molecule has 0 amide bonds. The number of thiol groups is 1. The standard InChI is InChI=1S/C14H24O10S/c1-6(16)25(7(2)17,8(3)18,9(4)19)14(24)13(23)12(22)11(21)10(20)5-15/h10-13,15,20-23,25H,5H2,1-4H3. The molecular formula is C14H24O10S. The molecule has 0 aromatic rings. The zero-order valence-electron chi connectivity index (χ0n) is 14.2. The van der Waals surface area contributed by atoms with Gasteiger partial charge in [0.1, 0.15) is 24.4 Å². The van der Waals surface area contributed by atoms with Gasteiger partial charge in [0.15, 0.2) is 20.5 Å².